The average molecular weight is 363 g/mol. The van der Waals surface area contributed by atoms with E-state index < -0.39 is 0 Å². The van der Waals surface area contributed by atoms with Gasteiger partial charge in [0.1, 0.15) is 12.2 Å². The highest BCUT2D eigenvalue weighted by Crippen LogP contribution is 2.24. The Labute approximate surface area is 154 Å². The van der Waals surface area contributed by atoms with E-state index in [2.05, 4.69) is 28.2 Å². The molecule has 26 heavy (non-hydrogen) atoms. The molecule has 7 heteroatoms. The van der Waals surface area contributed by atoms with Gasteiger partial charge < -0.3 is 0 Å². The third-order valence-electron chi connectivity index (χ3n) is 4.30. The highest BCUT2D eigenvalue weighted by Gasteiger charge is 2.12. The van der Waals surface area contributed by atoms with Gasteiger partial charge in [-0.05, 0) is 30.7 Å². The highest BCUT2D eigenvalue weighted by atomic mass is 32.2. The highest BCUT2D eigenvalue weighted by molar-refractivity contribution is 7.98. The van der Waals surface area contributed by atoms with Crippen LogP contribution in [0.5, 0.6) is 0 Å². The summed E-state index contributed by atoms with van der Waals surface area (Å²) in [7, 11) is 1.75. The minimum atomic E-state index is -0.0356. The fraction of sp³-hybridized carbons (Fsp3) is 0.158. The largest absolute Gasteiger partial charge is 0.299 e. The van der Waals surface area contributed by atoms with E-state index in [0.29, 0.717) is 22.5 Å². The van der Waals surface area contributed by atoms with Crippen molar-refractivity contribution in [1.82, 2.24) is 24.3 Å². The summed E-state index contributed by atoms with van der Waals surface area (Å²) in [4.78, 5) is 17.2. The second-order valence-electron chi connectivity index (χ2n) is 5.97. The smallest absolute Gasteiger partial charge is 0.261 e. The Kier molecular flexibility index (Phi) is 4.30. The lowest BCUT2D eigenvalue weighted by Crippen LogP contribution is -2.21. The number of hydrogen-bond donors (Lipinski definition) is 0. The van der Waals surface area contributed by atoms with Crippen molar-refractivity contribution in [2.45, 2.75) is 17.8 Å². The standard InChI is InChI=1S/C19H17N5OS/c1-13-7-3-6-10-16(13)24-12-20-22-19(24)26-11-17-21-15-9-5-4-8-14(15)18(25)23(17)2/h3-10,12H,11H2,1-2H3. The van der Waals surface area contributed by atoms with E-state index >= 15 is 0 Å². The molecule has 0 aliphatic carbocycles. The number of fused-ring (bicyclic) bond motifs is 1. The van der Waals surface area contributed by atoms with Gasteiger partial charge in [0, 0.05) is 7.05 Å². The van der Waals surface area contributed by atoms with E-state index in [4.69, 9.17) is 0 Å². The molecule has 0 bridgehead atoms. The molecular formula is C19H17N5OS. The van der Waals surface area contributed by atoms with Gasteiger partial charge in [0.2, 0.25) is 0 Å². The second kappa shape index (κ2) is 6.76. The van der Waals surface area contributed by atoms with Gasteiger partial charge in [-0.3, -0.25) is 13.9 Å². The molecule has 2 aromatic heterocycles. The number of aryl methyl sites for hydroxylation is 1. The molecular weight excluding hydrogens is 346 g/mol. The Bertz CT molecular complexity index is 1150. The molecule has 0 aliphatic rings. The lowest BCUT2D eigenvalue weighted by atomic mass is 10.2. The third kappa shape index (κ3) is 2.90. The van der Waals surface area contributed by atoms with Crippen molar-refractivity contribution in [1.29, 1.82) is 0 Å². The summed E-state index contributed by atoms with van der Waals surface area (Å²) >= 11 is 1.51. The molecule has 6 nitrogen and oxygen atoms in total. The Morgan fingerprint density at radius 3 is 2.69 bits per heavy atom. The van der Waals surface area contributed by atoms with Crippen molar-refractivity contribution in [2.24, 2.45) is 7.05 Å². The minimum absolute atomic E-state index is 0.0356. The zero-order valence-electron chi connectivity index (χ0n) is 14.5. The van der Waals surface area contributed by atoms with Gasteiger partial charge in [0.25, 0.3) is 5.56 Å². The van der Waals surface area contributed by atoms with Crippen LogP contribution in [0.3, 0.4) is 0 Å². The molecule has 2 aromatic carbocycles. The molecule has 0 saturated carbocycles. The number of rotatable bonds is 4. The maximum Gasteiger partial charge on any atom is 0.261 e. The van der Waals surface area contributed by atoms with Gasteiger partial charge >= 0.3 is 0 Å². The molecule has 2 heterocycles. The van der Waals surface area contributed by atoms with E-state index in [9.17, 15) is 4.79 Å². The van der Waals surface area contributed by atoms with Crippen LogP contribution in [0, 0.1) is 6.92 Å². The lowest BCUT2D eigenvalue weighted by molar-refractivity contribution is 0.782. The Hall–Kier alpha value is -2.93. The first-order chi connectivity index (χ1) is 12.6. The lowest BCUT2D eigenvalue weighted by Gasteiger charge is -2.11. The van der Waals surface area contributed by atoms with Crippen LogP contribution < -0.4 is 5.56 Å². The molecule has 0 fully saturated rings. The van der Waals surface area contributed by atoms with Crippen molar-refractivity contribution in [3.8, 4) is 5.69 Å². The molecule has 0 radical (unpaired) electrons. The summed E-state index contributed by atoms with van der Waals surface area (Å²) in [6.45, 7) is 2.05. The van der Waals surface area contributed by atoms with Crippen molar-refractivity contribution in [3.05, 3.63) is 76.6 Å². The molecule has 0 N–H and O–H groups in total. The number of thioether (sulfide) groups is 1. The van der Waals surface area contributed by atoms with Crippen molar-refractivity contribution >= 4 is 22.7 Å². The first kappa shape index (κ1) is 16.5. The Morgan fingerprint density at radius 2 is 1.85 bits per heavy atom. The van der Waals surface area contributed by atoms with E-state index in [-0.39, 0.29) is 5.56 Å². The molecule has 0 spiro atoms. The van der Waals surface area contributed by atoms with Crippen molar-refractivity contribution in [2.75, 3.05) is 0 Å². The summed E-state index contributed by atoms with van der Waals surface area (Å²) in [6, 6.07) is 15.5. The van der Waals surface area contributed by atoms with Crippen molar-refractivity contribution < 1.29 is 0 Å². The maximum atomic E-state index is 12.5. The molecule has 130 valence electrons. The molecule has 0 atom stereocenters. The van der Waals surface area contributed by atoms with Crippen LogP contribution in [-0.2, 0) is 12.8 Å². The van der Waals surface area contributed by atoms with Crippen LogP contribution in [-0.4, -0.2) is 24.3 Å². The predicted molar refractivity (Wildman–Crippen MR) is 103 cm³/mol. The van der Waals surface area contributed by atoms with Gasteiger partial charge in [0.05, 0.1) is 22.3 Å². The molecule has 4 rings (SSSR count). The van der Waals surface area contributed by atoms with Gasteiger partial charge in [0.15, 0.2) is 5.16 Å². The minimum Gasteiger partial charge on any atom is -0.299 e. The third-order valence-corrected chi connectivity index (χ3v) is 5.24. The van der Waals surface area contributed by atoms with Gasteiger partial charge in [-0.2, -0.15) is 0 Å². The van der Waals surface area contributed by atoms with Crippen LogP contribution in [0.1, 0.15) is 11.4 Å². The first-order valence-corrected chi connectivity index (χ1v) is 9.17. The van der Waals surface area contributed by atoms with Crippen LogP contribution in [0.2, 0.25) is 0 Å². The number of nitrogens with zero attached hydrogens (tertiary/aromatic N) is 5. The molecule has 0 aliphatic heterocycles. The van der Waals surface area contributed by atoms with Crippen LogP contribution in [0.25, 0.3) is 16.6 Å². The van der Waals surface area contributed by atoms with E-state index in [1.54, 1.807) is 24.0 Å². The average Bonchev–Trinajstić information content (AvgIpc) is 3.12. The Balaban J connectivity index is 1.66. The summed E-state index contributed by atoms with van der Waals surface area (Å²) in [5.74, 6) is 1.24. The number of benzene rings is 2. The topological polar surface area (TPSA) is 65.6 Å². The fourth-order valence-corrected chi connectivity index (χ4v) is 3.75. The predicted octanol–water partition coefficient (Wildman–Crippen LogP) is 3.11. The van der Waals surface area contributed by atoms with Crippen LogP contribution >= 0.6 is 11.8 Å². The van der Waals surface area contributed by atoms with Crippen LogP contribution in [0.4, 0.5) is 0 Å². The van der Waals surface area contributed by atoms with Gasteiger partial charge in [-0.1, -0.05) is 42.1 Å². The number of aromatic nitrogens is 5. The van der Waals surface area contributed by atoms with E-state index in [1.165, 1.54) is 11.8 Å². The number of para-hydroxylation sites is 2. The molecule has 0 amide bonds. The molecule has 0 saturated heterocycles. The summed E-state index contributed by atoms with van der Waals surface area (Å²) in [6.07, 6.45) is 1.71. The summed E-state index contributed by atoms with van der Waals surface area (Å²) in [5, 5.41) is 9.67. The summed E-state index contributed by atoms with van der Waals surface area (Å²) in [5.41, 5.74) is 2.86. The van der Waals surface area contributed by atoms with E-state index in [0.717, 1.165) is 16.4 Å². The SMILES string of the molecule is Cc1ccccc1-n1cnnc1SCc1nc2ccccc2c(=O)n1C. The van der Waals surface area contributed by atoms with Gasteiger partial charge in [-0.15, -0.1) is 10.2 Å². The first-order valence-electron chi connectivity index (χ1n) is 8.18. The number of hydrogen-bond acceptors (Lipinski definition) is 5. The molecule has 0 unspecified atom stereocenters. The fourth-order valence-electron chi connectivity index (χ4n) is 2.84. The zero-order chi connectivity index (χ0) is 18.1. The quantitative estimate of drug-likeness (QED) is 0.521. The van der Waals surface area contributed by atoms with E-state index in [1.807, 2.05) is 41.0 Å². The van der Waals surface area contributed by atoms with Gasteiger partial charge in [-0.25, -0.2) is 4.98 Å². The Morgan fingerprint density at radius 1 is 1.08 bits per heavy atom. The molecule has 4 aromatic rings. The zero-order valence-corrected chi connectivity index (χ0v) is 15.3. The van der Waals surface area contributed by atoms with Crippen molar-refractivity contribution in [3.63, 3.8) is 0 Å². The normalized spacial score (nSPS) is 11.2. The second-order valence-corrected chi connectivity index (χ2v) is 6.91. The van der Waals surface area contributed by atoms with Crippen LogP contribution in [0.15, 0.2) is 64.8 Å². The monoisotopic (exact) mass is 363 g/mol. The summed E-state index contributed by atoms with van der Waals surface area (Å²) < 4.78 is 3.56. The maximum absolute atomic E-state index is 12.5.